The Labute approximate surface area is 372 Å². The minimum absolute atomic E-state index is 0.000186. The van der Waals surface area contributed by atoms with Crippen LogP contribution in [0.3, 0.4) is 0 Å². The third-order valence-electron chi connectivity index (χ3n) is 13.7. The quantitative estimate of drug-likeness (QED) is 0.0826. The van der Waals surface area contributed by atoms with Gasteiger partial charge in [0.05, 0.1) is 49.4 Å². The number of imide groups is 1. The lowest BCUT2D eigenvalue weighted by Gasteiger charge is -2.38. The van der Waals surface area contributed by atoms with Gasteiger partial charge in [0.1, 0.15) is 22.7 Å². The van der Waals surface area contributed by atoms with Gasteiger partial charge in [0.25, 0.3) is 12.3 Å². The molecule has 3 aromatic heterocycles. The summed E-state index contributed by atoms with van der Waals surface area (Å²) in [6.07, 6.45) is 8.17. The van der Waals surface area contributed by atoms with E-state index in [0.717, 1.165) is 86.6 Å². The molecule has 0 spiro atoms. The smallest absolute Gasteiger partial charge is 0.281 e. The van der Waals surface area contributed by atoms with Crippen molar-refractivity contribution < 1.29 is 37.1 Å². The van der Waals surface area contributed by atoms with Crippen molar-refractivity contribution in [2.75, 3.05) is 62.6 Å². The topological polar surface area (TPSA) is 203 Å². The number of piperazine rings is 1. The zero-order valence-electron chi connectivity index (χ0n) is 35.7. The molecule has 17 nitrogen and oxygen atoms in total. The predicted molar refractivity (Wildman–Crippen MR) is 237 cm³/mol. The zero-order chi connectivity index (χ0) is 44.8. The summed E-state index contributed by atoms with van der Waals surface area (Å²) in [4.78, 5) is 62.8. The number of benzene rings is 2. The number of carbonyl (C=O) groups excluding carboxylic acids is 4. The van der Waals surface area contributed by atoms with Gasteiger partial charge in [-0.05, 0) is 74.1 Å². The number of rotatable bonds is 13. The van der Waals surface area contributed by atoms with Gasteiger partial charge in [-0.3, -0.25) is 34.8 Å². The molecule has 1 saturated carbocycles. The molecular formula is C46H51F2N11O6. The zero-order valence-corrected chi connectivity index (χ0v) is 35.7. The molecule has 2 aromatic carbocycles. The van der Waals surface area contributed by atoms with Crippen molar-refractivity contribution in [3.05, 3.63) is 78.1 Å². The fraction of sp³-hybridized carbons (Fsp3) is 0.457. The van der Waals surface area contributed by atoms with Gasteiger partial charge >= 0.3 is 0 Å². The summed E-state index contributed by atoms with van der Waals surface area (Å²) in [6.45, 7) is 5.69. The molecular weight excluding hydrogens is 841 g/mol. The van der Waals surface area contributed by atoms with E-state index in [1.165, 1.54) is 16.9 Å². The number of halogens is 2. The van der Waals surface area contributed by atoms with Gasteiger partial charge in [0.15, 0.2) is 5.65 Å². The van der Waals surface area contributed by atoms with E-state index in [-0.39, 0.29) is 60.1 Å². The number of hydrogen-bond acceptors (Lipinski definition) is 13. The summed E-state index contributed by atoms with van der Waals surface area (Å²) in [5, 5.41) is 26.1. The average molecular weight is 892 g/mol. The number of nitrogens with zero attached hydrogens (tertiary/aromatic N) is 6. The number of anilines is 2. The number of nitrogens with one attached hydrogen (secondary N) is 5. The van der Waals surface area contributed by atoms with E-state index in [9.17, 15) is 28.0 Å². The molecule has 5 aliphatic rings. The number of piperidine rings is 1. The largest absolute Gasteiger partial charge is 0.464 e. The van der Waals surface area contributed by atoms with E-state index >= 15 is 0 Å². The lowest BCUT2D eigenvalue weighted by Crippen LogP contribution is -2.50. The van der Waals surface area contributed by atoms with Crippen LogP contribution in [-0.2, 0) is 19.1 Å². The number of hydrogen-bond donors (Lipinski definition) is 5. The van der Waals surface area contributed by atoms with Gasteiger partial charge < -0.3 is 34.9 Å². The van der Waals surface area contributed by atoms with Crippen LogP contribution in [-0.4, -0.2) is 131 Å². The Balaban J connectivity index is 0.694. The van der Waals surface area contributed by atoms with Crippen molar-refractivity contribution in [2.24, 2.45) is 5.92 Å². The first kappa shape index (κ1) is 42.6. The summed E-state index contributed by atoms with van der Waals surface area (Å²) < 4.78 is 40.7. The predicted octanol–water partition coefficient (Wildman–Crippen LogP) is 4.39. The van der Waals surface area contributed by atoms with E-state index < -0.39 is 24.0 Å². The molecule has 2 bridgehead atoms. The Morgan fingerprint density at radius 2 is 1.82 bits per heavy atom. The Kier molecular flexibility index (Phi) is 11.8. The third kappa shape index (κ3) is 8.79. The van der Waals surface area contributed by atoms with Crippen molar-refractivity contribution in [1.82, 2.24) is 40.3 Å². The minimum atomic E-state index is -3.09. The Morgan fingerprint density at radius 3 is 2.57 bits per heavy atom. The van der Waals surface area contributed by atoms with Crippen molar-refractivity contribution in [3.63, 3.8) is 0 Å². The normalized spacial score (nSPS) is 24.3. The van der Waals surface area contributed by atoms with Crippen molar-refractivity contribution in [3.8, 4) is 0 Å². The van der Waals surface area contributed by atoms with Crippen LogP contribution >= 0.6 is 0 Å². The van der Waals surface area contributed by atoms with Crippen LogP contribution in [0.15, 0.2) is 71.4 Å². The highest BCUT2D eigenvalue weighted by Gasteiger charge is 2.40. The first-order valence-electron chi connectivity index (χ1n) is 22.4. The standard InChI is InChI=1S/C46H51F2N11O6/c47-43(48)42(49)36(53-46(63)33-19-51-59-13-12-38(54-44(33)59)58-22-29-18-28(58)24-64-29)20-50-27-6-4-26(5-7-27)21-56-14-16-57(17-15-56)23-40(61)52-35-3-1-2-31-30(35)8-10-37-41(31)34(25-65-37)32-9-11-39(60)55-45(32)62/h1-3,8,10,12-13,19-20,25-29,32,43,49-50H,4-7,9,11,14-18,21-24H2,(H,52,61)(H,53,63)(H,55,60,62)/b36-20+,49-42?/t26?,27?,28-,29-,32?/m1/s1. The van der Waals surface area contributed by atoms with Crippen molar-refractivity contribution in [2.45, 2.75) is 75.5 Å². The minimum Gasteiger partial charge on any atom is -0.464 e. The fourth-order valence-corrected chi connectivity index (χ4v) is 10.2. The van der Waals surface area contributed by atoms with Gasteiger partial charge in [0.2, 0.25) is 17.7 Å². The Hall–Kier alpha value is -6.31. The summed E-state index contributed by atoms with van der Waals surface area (Å²) in [6, 6.07) is 11.5. The second kappa shape index (κ2) is 17.9. The molecule has 5 aromatic rings. The van der Waals surface area contributed by atoms with Gasteiger partial charge in [-0.15, -0.1) is 0 Å². The molecule has 3 atom stereocenters. The number of allylic oxidation sites excluding steroid dienone is 1. The van der Waals surface area contributed by atoms with Crippen molar-refractivity contribution in [1.29, 1.82) is 5.41 Å². The maximum atomic E-state index is 13.9. The summed E-state index contributed by atoms with van der Waals surface area (Å²) in [7, 11) is 0. The maximum Gasteiger partial charge on any atom is 0.281 e. The van der Waals surface area contributed by atoms with Crippen LogP contribution in [0.25, 0.3) is 27.4 Å². The monoisotopic (exact) mass is 891 g/mol. The molecule has 0 radical (unpaired) electrons. The number of fused-ring (bicyclic) bond motifs is 6. The highest BCUT2D eigenvalue weighted by atomic mass is 19.3. The number of alkyl halides is 2. The summed E-state index contributed by atoms with van der Waals surface area (Å²) >= 11 is 0. The molecule has 5 N–H and O–H groups in total. The third-order valence-corrected chi connectivity index (χ3v) is 13.7. The van der Waals surface area contributed by atoms with E-state index in [1.807, 2.05) is 36.4 Å². The first-order chi connectivity index (χ1) is 31.5. The highest BCUT2D eigenvalue weighted by molar-refractivity contribution is 6.15. The average Bonchev–Trinajstić information content (AvgIpc) is 4.13. The van der Waals surface area contributed by atoms with Crippen LogP contribution in [0.5, 0.6) is 0 Å². The first-order valence-corrected chi connectivity index (χ1v) is 22.4. The van der Waals surface area contributed by atoms with Crippen molar-refractivity contribution >= 4 is 68.2 Å². The molecule has 19 heteroatoms. The molecule has 340 valence electrons. The number of aromatic nitrogens is 3. The highest BCUT2D eigenvalue weighted by Crippen LogP contribution is 2.39. The molecule has 1 aliphatic carbocycles. The van der Waals surface area contributed by atoms with E-state index in [0.29, 0.717) is 48.2 Å². The number of carbonyl (C=O) groups is 4. The fourth-order valence-electron chi connectivity index (χ4n) is 10.2. The summed E-state index contributed by atoms with van der Waals surface area (Å²) in [5.41, 5.74) is 1.17. The lowest BCUT2D eigenvalue weighted by molar-refractivity contribution is -0.134. The molecule has 4 amide bonds. The molecule has 1 unspecified atom stereocenters. The van der Waals surface area contributed by atoms with Gasteiger partial charge in [-0.2, -0.15) is 5.10 Å². The molecule has 7 heterocycles. The molecule has 4 saturated heterocycles. The van der Waals surface area contributed by atoms with Gasteiger partial charge in [0, 0.05) is 86.2 Å². The SMILES string of the molecule is N=C(/C(=C\NC1CCC(CN2CCN(CC(=O)Nc3cccc4c3ccc3occ(C5CCC(=O)NC5=O)c34)CC2)CC1)NC(=O)c1cnn2ccc(N3C[C@H]4C[C@@H]3CO4)nc12)C(F)F. The Bertz CT molecular complexity index is 2700. The van der Waals surface area contributed by atoms with Crippen LogP contribution in [0.2, 0.25) is 0 Å². The van der Waals surface area contributed by atoms with Gasteiger partial charge in [-0.25, -0.2) is 18.3 Å². The van der Waals surface area contributed by atoms with Crippen LogP contribution in [0, 0.1) is 11.3 Å². The Morgan fingerprint density at radius 1 is 1.00 bits per heavy atom. The molecule has 10 rings (SSSR count). The van der Waals surface area contributed by atoms with Crippen LogP contribution < -0.4 is 26.2 Å². The van der Waals surface area contributed by atoms with E-state index in [2.05, 4.69) is 41.1 Å². The second-order valence-corrected chi connectivity index (χ2v) is 17.9. The second-order valence-electron chi connectivity index (χ2n) is 17.9. The number of morpholine rings is 1. The maximum absolute atomic E-state index is 13.9. The molecule has 5 fully saturated rings. The lowest BCUT2D eigenvalue weighted by atomic mass is 9.85. The number of furan rings is 1. The summed E-state index contributed by atoms with van der Waals surface area (Å²) in [5.74, 6) is -0.738. The van der Waals surface area contributed by atoms with E-state index in [4.69, 9.17) is 19.5 Å². The number of ether oxygens (including phenoxy) is 1. The molecule has 65 heavy (non-hydrogen) atoms. The molecule has 4 aliphatic heterocycles. The van der Waals surface area contributed by atoms with Crippen LogP contribution in [0.1, 0.15) is 66.8 Å². The number of amides is 4. The van der Waals surface area contributed by atoms with E-state index in [1.54, 1.807) is 12.5 Å². The van der Waals surface area contributed by atoms with Crippen LogP contribution in [0.4, 0.5) is 20.3 Å². The van der Waals surface area contributed by atoms with Gasteiger partial charge in [-0.1, -0.05) is 12.1 Å².